The summed E-state index contributed by atoms with van der Waals surface area (Å²) in [5.41, 5.74) is 9.03. The molecule has 2 amide bonds. The molecule has 0 unspecified atom stereocenters. The number of ether oxygens (including phenoxy) is 1. The first-order chi connectivity index (χ1) is 14.4. The molecule has 0 aliphatic carbocycles. The number of hydrazine groups is 1. The summed E-state index contributed by atoms with van der Waals surface area (Å²) in [6.07, 6.45) is 0. The number of carbonyl (C=O) groups excluding carboxylic acids is 2. The standard InChI is InChI=1S/C22H25N5O3/c1-15-11-16(2)27(26-15)14-17-5-4-6-18(12-17)22(29)25-24-21(28)13-23-19-7-9-20(30-3)10-8-19/h4-12,23H,13-14H2,1-3H3,(H,24,28)(H,25,29). The van der Waals surface area contributed by atoms with Crippen LogP contribution in [0.1, 0.15) is 27.3 Å². The van der Waals surface area contributed by atoms with Crippen LogP contribution in [-0.2, 0) is 11.3 Å². The van der Waals surface area contributed by atoms with E-state index < -0.39 is 0 Å². The van der Waals surface area contributed by atoms with Crippen molar-refractivity contribution in [1.29, 1.82) is 0 Å². The summed E-state index contributed by atoms with van der Waals surface area (Å²) in [5.74, 6) is -0.0154. The van der Waals surface area contributed by atoms with E-state index in [9.17, 15) is 9.59 Å². The number of rotatable bonds is 7. The minimum Gasteiger partial charge on any atom is -0.497 e. The normalized spacial score (nSPS) is 10.4. The quantitative estimate of drug-likeness (QED) is 0.523. The Balaban J connectivity index is 1.50. The molecule has 8 nitrogen and oxygen atoms in total. The maximum atomic E-state index is 12.4. The largest absolute Gasteiger partial charge is 0.497 e. The third-order valence-electron chi connectivity index (χ3n) is 4.48. The van der Waals surface area contributed by atoms with Crippen molar-refractivity contribution in [3.8, 4) is 5.75 Å². The molecular weight excluding hydrogens is 382 g/mol. The zero-order chi connectivity index (χ0) is 21.5. The summed E-state index contributed by atoms with van der Waals surface area (Å²) in [6.45, 7) is 4.52. The second-order valence-corrected chi connectivity index (χ2v) is 6.87. The van der Waals surface area contributed by atoms with Crippen LogP contribution in [0.25, 0.3) is 0 Å². The van der Waals surface area contributed by atoms with E-state index in [1.54, 1.807) is 43.5 Å². The average Bonchev–Trinajstić information content (AvgIpc) is 3.07. The van der Waals surface area contributed by atoms with Crippen molar-refractivity contribution in [2.24, 2.45) is 0 Å². The van der Waals surface area contributed by atoms with Gasteiger partial charge in [-0.1, -0.05) is 12.1 Å². The summed E-state index contributed by atoms with van der Waals surface area (Å²) in [6, 6.07) is 16.4. The van der Waals surface area contributed by atoms with Gasteiger partial charge in [0.05, 0.1) is 25.9 Å². The maximum Gasteiger partial charge on any atom is 0.269 e. The molecule has 30 heavy (non-hydrogen) atoms. The molecule has 1 heterocycles. The van der Waals surface area contributed by atoms with E-state index in [1.807, 2.05) is 36.7 Å². The van der Waals surface area contributed by atoms with Gasteiger partial charge in [-0.15, -0.1) is 0 Å². The van der Waals surface area contributed by atoms with Crippen LogP contribution in [0.5, 0.6) is 5.75 Å². The van der Waals surface area contributed by atoms with E-state index in [0.717, 1.165) is 28.4 Å². The zero-order valence-corrected chi connectivity index (χ0v) is 17.2. The van der Waals surface area contributed by atoms with E-state index in [-0.39, 0.29) is 18.4 Å². The number of benzene rings is 2. The highest BCUT2D eigenvalue weighted by Gasteiger charge is 2.09. The lowest BCUT2D eigenvalue weighted by Gasteiger charge is -2.10. The van der Waals surface area contributed by atoms with Crippen molar-refractivity contribution in [3.05, 3.63) is 77.1 Å². The first-order valence-electron chi connectivity index (χ1n) is 9.51. The molecular formula is C22H25N5O3. The Morgan fingerprint density at radius 2 is 1.80 bits per heavy atom. The number of hydrogen-bond acceptors (Lipinski definition) is 5. The summed E-state index contributed by atoms with van der Waals surface area (Å²) in [7, 11) is 1.59. The van der Waals surface area contributed by atoms with Gasteiger partial charge < -0.3 is 10.1 Å². The topological polar surface area (TPSA) is 97.3 Å². The number of aromatic nitrogens is 2. The molecule has 0 fully saturated rings. The minimum atomic E-state index is -0.386. The molecule has 1 aromatic heterocycles. The number of nitrogens with zero attached hydrogens (tertiary/aromatic N) is 2. The second-order valence-electron chi connectivity index (χ2n) is 6.87. The predicted molar refractivity (Wildman–Crippen MR) is 114 cm³/mol. The number of amides is 2. The van der Waals surface area contributed by atoms with Crippen LogP contribution in [0.4, 0.5) is 5.69 Å². The molecule has 0 saturated heterocycles. The molecule has 8 heteroatoms. The van der Waals surface area contributed by atoms with Gasteiger partial charge in [0.1, 0.15) is 5.75 Å². The van der Waals surface area contributed by atoms with Gasteiger partial charge >= 0.3 is 0 Å². The minimum absolute atomic E-state index is 0.0184. The highest BCUT2D eigenvalue weighted by molar-refractivity contribution is 5.95. The lowest BCUT2D eigenvalue weighted by molar-refractivity contribution is -0.120. The van der Waals surface area contributed by atoms with Gasteiger partial charge in [0.15, 0.2) is 0 Å². The fourth-order valence-corrected chi connectivity index (χ4v) is 2.95. The van der Waals surface area contributed by atoms with Crippen LogP contribution in [-0.4, -0.2) is 35.2 Å². The van der Waals surface area contributed by atoms with Gasteiger partial charge in [0.25, 0.3) is 11.8 Å². The monoisotopic (exact) mass is 407 g/mol. The fraction of sp³-hybridized carbons (Fsp3) is 0.227. The molecule has 3 N–H and O–H groups in total. The van der Waals surface area contributed by atoms with Crippen molar-refractivity contribution in [1.82, 2.24) is 20.6 Å². The van der Waals surface area contributed by atoms with Crippen molar-refractivity contribution in [2.45, 2.75) is 20.4 Å². The van der Waals surface area contributed by atoms with E-state index in [0.29, 0.717) is 12.1 Å². The molecule has 3 rings (SSSR count). The third kappa shape index (κ3) is 5.60. The third-order valence-corrected chi connectivity index (χ3v) is 4.48. The van der Waals surface area contributed by atoms with E-state index >= 15 is 0 Å². The van der Waals surface area contributed by atoms with Gasteiger partial charge in [0.2, 0.25) is 0 Å². The van der Waals surface area contributed by atoms with Gasteiger partial charge in [-0.25, -0.2) is 0 Å². The number of methoxy groups -OCH3 is 1. The lowest BCUT2D eigenvalue weighted by Crippen LogP contribution is -2.44. The molecule has 0 saturated carbocycles. The number of hydrogen-bond donors (Lipinski definition) is 3. The molecule has 0 aliphatic rings. The van der Waals surface area contributed by atoms with Crippen molar-refractivity contribution in [3.63, 3.8) is 0 Å². The Morgan fingerprint density at radius 3 is 2.47 bits per heavy atom. The number of anilines is 1. The van der Waals surface area contributed by atoms with Crippen LogP contribution in [0.2, 0.25) is 0 Å². The highest BCUT2D eigenvalue weighted by atomic mass is 16.5. The van der Waals surface area contributed by atoms with Crippen molar-refractivity contribution >= 4 is 17.5 Å². The van der Waals surface area contributed by atoms with Crippen molar-refractivity contribution in [2.75, 3.05) is 19.0 Å². The first-order valence-corrected chi connectivity index (χ1v) is 9.51. The number of aryl methyl sites for hydroxylation is 2. The second kappa shape index (κ2) is 9.60. The van der Waals surface area contributed by atoms with Gasteiger partial charge in [-0.05, 0) is 61.9 Å². The van der Waals surface area contributed by atoms with Gasteiger partial charge in [-0.3, -0.25) is 25.1 Å². The Kier molecular flexibility index (Phi) is 6.69. The number of carbonyl (C=O) groups is 2. The van der Waals surface area contributed by atoms with Crippen LogP contribution >= 0.6 is 0 Å². The Hall–Kier alpha value is -3.81. The summed E-state index contributed by atoms with van der Waals surface area (Å²) >= 11 is 0. The van der Waals surface area contributed by atoms with Crippen LogP contribution < -0.4 is 20.9 Å². The van der Waals surface area contributed by atoms with E-state index in [2.05, 4.69) is 21.3 Å². The Bertz CT molecular complexity index is 1030. The molecule has 2 aromatic carbocycles. The lowest BCUT2D eigenvalue weighted by atomic mass is 10.1. The summed E-state index contributed by atoms with van der Waals surface area (Å²) in [4.78, 5) is 24.4. The van der Waals surface area contributed by atoms with Crippen molar-refractivity contribution < 1.29 is 14.3 Å². The maximum absolute atomic E-state index is 12.4. The van der Waals surface area contributed by atoms with Gasteiger partial charge in [0, 0.05) is 16.9 Å². The molecule has 0 atom stereocenters. The average molecular weight is 407 g/mol. The Labute approximate surface area is 175 Å². The number of nitrogens with one attached hydrogen (secondary N) is 3. The summed E-state index contributed by atoms with van der Waals surface area (Å²) in [5, 5.41) is 7.41. The first kappa shape index (κ1) is 20.9. The molecule has 3 aromatic rings. The van der Waals surface area contributed by atoms with E-state index in [4.69, 9.17) is 4.74 Å². The highest BCUT2D eigenvalue weighted by Crippen LogP contribution is 2.14. The van der Waals surface area contributed by atoms with Crippen LogP contribution in [0, 0.1) is 13.8 Å². The molecule has 0 spiro atoms. The van der Waals surface area contributed by atoms with E-state index in [1.165, 1.54) is 0 Å². The molecule has 156 valence electrons. The van der Waals surface area contributed by atoms with Crippen LogP contribution in [0.3, 0.4) is 0 Å². The van der Waals surface area contributed by atoms with Gasteiger partial charge in [-0.2, -0.15) is 5.10 Å². The summed E-state index contributed by atoms with van der Waals surface area (Å²) < 4.78 is 6.98. The molecule has 0 bridgehead atoms. The molecule has 0 radical (unpaired) electrons. The smallest absolute Gasteiger partial charge is 0.269 e. The predicted octanol–water partition coefficient (Wildman–Crippen LogP) is 2.43. The fourth-order valence-electron chi connectivity index (χ4n) is 2.95. The molecule has 0 aliphatic heterocycles. The Morgan fingerprint density at radius 1 is 1.03 bits per heavy atom. The van der Waals surface area contributed by atoms with Crippen LogP contribution in [0.15, 0.2) is 54.6 Å². The SMILES string of the molecule is COc1ccc(NCC(=O)NNC(=O)c2cccc(Cn3nc(C)cc3C)c2)cc1. The zero-order valence-electron chi connectivity index (χ0n) is 17.2.